The van der Waals surface area contributed by atoms with Crippen LogP contribution in [0.4, 0.5) is 5.69 Å². The lowest BCUT2D eigenvalue weighted by Gasteiger charge is -2.15. The lowest BCUT2D eigenvalue weighted by Crippen LogP contribution is -2.37. The molecule has 3 rings (SSSR count). The van der Waals surface area contributed by atoms with Crippen molar-refractivity contribution in [1.82, 2.24) is 10.6 Å². The van der Waals surface area contributed by atoms with Crippen molar-refractivity contribution in [3.8, 4) is 0 Å². The van der Waals surface area contributed by atoms with Crippen molar-refractivity contribution in [3.05, 3.63) is 59.1 Å². The van der Waals surface area contributed by atoms with Crippen molar-refractivity contribution in [2.75, 3.05) is 17.8 Å². The highest BCUT2D eigenvalue weighted by atomic mass is 35.5. The lowest BCUT2D eigenvalue weighted by molar-refractivity contribution is 0.0951. The van der Waals surface area contributed by atoms with Crippen molar-refractivity contribution < 1.29 is 13.2 Å². The first-order valence-electron chi connectivity index (χ1n) is 8.35. The number of anilines is 1. The van der Waals surface area contributed by atoms with Crippen LogP contribution in [0.1, 0.15) is 23.2 Å². The van der Waals surface area contributed by atoms with Gasteiger partial charge in [0.05, 0.1) is 16.1 Å². The molecule has 146 valence electrons. The van der Waals surface area contributed by atoms with Gasteiger partial charge in [0.2, 0.25) is 0 Å². The van der Waals surface area contributed by atoms with Gasteiger partial charge in [0.25, 0.3) is 15.9 Å². The Kier molecular flexibility index (Phi) is 7.49. The summed E-state index contributed by atoms with van der Waals surface area (Å²) in [5, 5.41) is 6.48. The van der Waals surface area contributed by atoms with Crippen LogP contribution in [0.25, 0.3) is 0 Å². The average Bonchev–Trinajstić information content (AvgIpc) is 3.14. The van der Waals surface area contributed by atoms with Gasteiger partial charge < -0.3 is 10.6 Å². The number of sulfonamides is 1. The minimum absolute atomic E-state index is 0. The Morgan fingerprint density at radius 1 is 1.19 bits per heavy atom. The van der Waals surface area contributed by atoms with E-state index in [0.29, 0.717) is 11.6 Å². The Morgan fingerprint density at radius 2 is 1.93 bits per heavy atom. The minimum Gasteiger partial charge on any atom is -0.350 e. The maximum Gasteiger partial charge on any atom is 0.261 e. The van der Waals surface area contributed by atoms with Crippen LogP contribution in [0.2, 0.25) is 5.02 Å². The highest BCUT2D eigenvalue weighted by Crippen LogP contribution is 2.24. The van der Waals surface area contributed by atoms with Crippen molar-refractivity contribution >= 4 is 45.6 Å². The number of hydrogen-bond donors (Lipinski definition) is 3. The molecular weight excluding hydrogens is 409 g/mol. The van der Waals surface area contributed by atoms with Crippen LogP contribution in [0.5, 0.6) is 0 Å². The van der Waals surface area contributed by atoms with Gasteiger partial charge >= 0.3 is 0 Å². The summed E-state index contributed by atoms with van der Waals surface area (Å²) in [5.74, 6) is -0.346. The van der Waals surface area contributed by atoms with E-state index in [1.807, 2.05) is 0 Å². The Balaban J connectivity index is 0.00000261. The van der Waals surface area contributed by atoms with E-state index in [4.69, 9.17) is 11.6 Å². The molecule has 0 spiro atoms. The van der Waals surface area contributed by atoms with E-state index >= 15 is 0 Å². The molecule has 1 amide bonds. The van der Waals surface area contributed by atoms with Crippen LogP contribution in [-0.4, -0.2) is 33.5 Å². The predicted octanol–water partition coefficient (Wildman–Crippen LogP) is 3.04. The molecule has 2 aromatic carbocycles. The van der Waals surface area contributed by atoms with E-state index in [-0.39, 0.29) is 40.5 Å². The predicted molar refractivity (Wildman–Crippen MR) is 109 cm³/mol. The number of rotatable bonds is 6. The topological polar surface area (TPSA) is 87.3 Å². The molecule has 6 nitrogen and oxygen atoms in total. The third-order valence-electron chi connectivity index (χ3n) is 4.20. The third kappa shape index (κ3) is 5.59. The van der Waals surface area contributed by atoms with Crippen molar-refractivity contribution in [2.45, 2.75) is 23.8 Å². The van der Waals surface area contributed by atoms with Crippen LogP contribution in [0, 0.1) is 0 Å². The van der Waals surface area contributed by atoms with E-state index in [1.54, 1.807) is 24.3 Å². The number of nitrogens with one attached hydrogen (secondary N) is 3. The second-order valence-corrected chi connectivity index (χ2v) is 8.23. The molecule has 1 saturated heterocycles. The Morgan fingerprint density at radius 3 is 2.59 bits per heavy atom. The Hall–Kier alpha value is -1.80. The second kappa shape index (κ2) is 9.41. The monoisotopic (exact) mass is 429 g/mol. The van der Waals surface area contributed by atoms with Crippen LogP contribution in [0.3, 0.4) is 0 Å². The van der Waals surface area contributed by atoms with Crippen molar-refractivity contribution in [1.29, 1.82) is 0 Å². The number of carbonyl (C=O) groups excluding carboxylic acids is 1. The Bertz CT molecular complexity index is 886. The molecule has 1 aliphatic heterocycles. The zero-order valence-corrected chi connectivity index (χ0v) is 16.8. The maximum absolute atomic E-state index is 12.6. The standard InChI is InChI=1S/C18H20ClN3O3S.ClH/c19-13-8-9-16(18(23)21-12-14-5-4-10-20-14)17(11-13)22-26(24,25)15-6-2-1-3-7-15;/h1-3,6-9,11,14,20,22H,4-5,10,12H2,(H,21,23);1H. The molecule has 1 heterocycles. The number of carbonyl (C=O) groups is 1. The number of hydrogen-bond acceptors (Lipinski definition) is 4. The van der Waals surface area contributed by atoms with Crippen LogP contribution in [0.15, 0.2) is 53.4 Å². The van der Waals surface area contributed by atoms with Gasteiger partial charge in [-0.3, -0.25) is 9.52 Å². The normalized spacial score (nSPS) is 16.4. The summed E-state index contributed by atoms with van der Waals surface area (Å²) in [4.78, 5) is 12.7. The summed E-state index contributed by atoms with van der Waals surface area (Å²) in [6.45, 7) is 1.44. The lowest BCUT2D eigenvalue weighted by atomic mass is 10.1. The van der Waals surface area contributed by atoms with Crippen molar-refractivity contribution in [2.24, 2.45) is 0 Å². The maximum atomic E-state index is 12.6. The van der Waals surface area contributed by atoms with E-state index in [0.717, 1.165) is 19.4 Å². The summed E-state index contributed by atoms with van der Waals surface area (Å²) in [6.07, 6.45) is 2.10. The molecule has 3 N–H and O–H groups in total. The minimum atomic E-state index is -3.82. The number of halogens is 2. The quantitative estimate of drug-likeness (QED) is 0.658. The summed E-state index contributed by atoms with van der Waals surface area (Å²) >= 11 is 6.00. The highest BCUT2D eigenvalue weighted by molar-refractivity contribution is 7.92. The van der Waals surface area contributed by atoms with E-state index in [2.05, 4.69) is 15.4 Å². The zero-order valence-electron chi connectivity index (χ0n) is 14.4. The van der Waals surface area contributed by atoms with Gasteiger partial charge in [-0.25, -0.2) is 8.42 Å². The molecule has 1 unspecified atom stereocenters. The molecule has 0 aliphatic carbocycles. The molecule has 1 aliphatic rings. The first-order valence-corrected chi connectivity index (χ1v) is 10.2. The van der Waals surface area contributed by atoms with Crippen LogP contribution < -0.4 is 15.4 Å². The van der Waals surface area contributed by atoms with E-state index in [1.165, 1.54) is 24.3 Å². The fourth-order valence-electron chi connectivity index (χ4n) is 2.84. The molecule has 0 saturated carbocycles. The van der Waals surface area contributed by atoms with E-state index < -0.39 is 10.0 Å². The van der Waals surface area contributed by atoms with Crippen molar-refractivity contribution in [3.63, 3.8) is 0 Å². The molecule has 2 aromatic rings. The largest absolute Gasteiger partial charge is 0.350 e. The van der Waals surface area contributed by atoms with Gasteiger partial charge in [-0.05, 0) is 49.7 Å². The number of amides is 1. The molecule has 1 fully saturated rings. The first kappa shape index (κ1) is 21.5. The van der Waals surface area contributed by atoms with Gasteiger partial charge in [0, 0.05) is 17.6 Å². The molecule has 0 aromatic heterocycles. The fourth-order valence-corrected chi connectivity index (χ4v) is 4.11. The van der Waals surface area contributed by atoms with Crippen LogP contribution in [-0.2, 0) is 10.0 Å². The summed E-state index contributed by atoms with van der Waals surface area (Å²) in [5.41, 5.74) is 0.380. The summed E-state index contributed by atoms with van der Waals surface area (Å²) in [7, 11) is -3.82. The average molecular weight is 430 g/mol. The van der Waals surface area contributed by atoms with Crippen LogP contribution >= 0.6 is 24.0 Å². The highest BCUT2D eigenvalue weighted by Gasteiger charge is 2.20. The van der Waals surface area contributed by atoms with Gasteiger partial charge in [0.1, 0.15) is 0 Å². The van der Waals surface area contributed by atoms with Gasteiger partial charge in [0.15, 0.2) is 0 Å². The van der Waals surface area contributed by atoms with Gasteiger partial charge in [-0.15, -0.1) is 12.4 Å². The molecule has 27 heavy (non-hydrogen) atoms. The molecule has 1 atom stereocenters. The first-order chi connectivity index (χ1) is 12.5. The summed E-state index contributed by atoms with van der Waals surface area (Å²) in [6, 6.07) is 12.7. The fraction of sp³-hybridized carbons (Fsp3) is 0.278. The number of benzene rings is 2. The SMILES string of the molecule is Cl.O=C(NCC1CCCN1)c1ccc(Cl)cc1NS(=O)(=O)c1ccccc1. The second-order valence-electron chi connectivity index (χ2n) is 6.11. The zero-order chi connectivity index (χ0) is 18.6. The molecule has 9 heteroatoms. The third-order valence-corrected chi connectivity index (χ3v) is 5.81. The Labute approximate surface area is 170 Å². The molecule has 0 radical (unpaired) electrons. The van der Waals surface area contributed by atoms with E-state index in [9.17, 15) is 13.2 Å². The van der Waals surface area contributed by atoms with Gasteiger partial charge in [-0.1, -0.05) is 29.8 Å². The summed E-state index contributed by atoms with van der Waals surface area (Å²) < 4.78 is 27.6. The van der Waals surface area contributed by atoms with Gasteiger partial charge in [-0.2, -0.15) is 0 Å². The molecular formula is C18H21Cl2N3O3S. The smallest absolute Gasteiger partial charge is 0.261 e. The molecule has 0 bridgehead atoms.